The van der Waals surface area contributed by atoms with Crippen LogP contribution in [0.15, 0.2) is 18.2 Å². The second-order valence-corrected chi connectivity index (χ2v) is 6.22. The second kappa shape index (κ2) is 6.97. The Kier molecular flexibility index (Phi) is 5.28. The Labute approximate surface area is 111 Å². The van der Waals surface area contributed by atoms with Crippen LogP contribution in [0, 0.1) is 0 Å². The van der Waals surface area contributed by atoms with Crippen molar-refractivity contribution in [3.8, 4) is 0 Å². The summed E-state index contributed by atoms with van der Waals surface area (Å²) < 4.78 is 11.3. The van der Waals surface area contributed by atoms with Crippen LogP contribution in [0.1, 0.15) is 18.3 Å². The maximum Gasteiger partial charge on any atom is 0.0547 e. The third-order valence-corrected chi connectivity index (χ3v) is 4.35. The number of nitrogens with zero attached hydrogens (tertiary/aromatic N) is 2. The van der Waals surface area contributed by atoms with Crippen molar-refractivity contribution in [3.05, 3.63) is 29.6 Å². The number of nitrogens with one attached hydrogen (secondary N) is 1. The molecule has 1 N–H and O–H groups in total. The van der Waals surface area contributed by atoms with Crippen molar-refractivity contribution in [1.82, 2.24) is 15.2 Å². The summed E-state index contributed by atoms with van der Waals surface area (Å²) in [5.41, 5.74) is 2.20. The lowest BCUT2D eigenvalue weighted by atomic mass is 10.2. The molecular weight excluding hydrogens is 246 g/mol. The van der Waals surface area contributed by atoms with E-state index in [4.69, 9.17) is 0 Å². The lowest BCUT2D eigenvalue weighted by Crippen LogP contribution is -2.37. The minimum atomic E-state index is -0.600. The summed E-state index contributed by atoms with van der Waals surface area (Å²) in [6.45, 7) is 6.60. The van der Waals surface area contributed by atoms with E-state index in [-0.39, 0.29) is 0 Å². The lowest BCUT2D eigenvalue weighted by molar-refractivity contribution is 0.287. The normalized spacial score (nSPS) is 18.1. The van der Waals surface area contributed by atoms with Crippen molar-refractivity contribution in [2.24, 2.45) is 0 Å². The summed E-state index contributed by atoms with van der Waals surface area (Å²) in [4.78, 5) is 6.98. The van der Waals surface area contributed by atoms with E-state index in [0.717, 1.165) is 55.6 Å². The monoisotopic (exact) mass is 267 g/mol. The molecule has 5 heteroatoms. The predicted octanol–water partition coefficient (Wildman–Crippen LogP) is 0.755. The Morgan fingerprint density at radius 1 is 1.33 bits per heavy atom. The van der Waals surface area contributed by atoms with Crippen LogP contribution < -0.4 is 5.32 Å². The van der Waals surface area contributed by atoms with Crippen LogP contribution in [0.5, 0.6) is 0 Å². The maximum absolute atomic E-state index is 11.3. The predicted molar refractivity (Wildman–Crippen MR) is 74.8 cm³/mol. The van der Waals surface area contributed by atoms with Crippen molar-refractivity contribution in [2.75, 3.05) is 31.1 Å². The van der Waals surface area contributed by atoms with E-state index in [1.165, 1.54) is 0 Å². The van der Waals surface area contributed by atoms with Gasteiger partial charge in [0.05, 0.1) is 11.4 Å². The fourth-order valence-corrected chi connectivity index (χ4v) is 3.16. The van der Waals surface area contributed by atoms with Crippen molar-refractivity contribution < 1.29 is 4.21 Å². The molecule has 1 fully saturated rings. The number of pyridine rings is 1. The molecule has 0 aliphatic carbocycles. The van der Waals surface area contributed by atoms with Crippen molar-refractivity contribution in [1.29, 1.82) is 0 Å². The van der Waals surface area contributed by atoms with Gasteiger partial charge in [-0.05, 0) is 18.7 Å². The number of aromatic nitrogens is 1. The van der Waals surface area contributed by atoms with Gasteiger partial charge in [0.15, 0.2) is 0 Å². The molecule has 0 radical (unpaired) electrons. The first-order chi connectivity index (χ1) is 8.78. The molecule has 0 spiro atoms. The van der Waals surface area contributed by atoms with Gasteiger partial charge in [0, 0.05) is 48.5 Å². The highest BCUT2D eigenvalue weighted by atomic mass is 32.2. The highest BCUT2D eigenvalue weighted by molar-refractivity contribution is 7.85. The van der Waals surface area contributed by atoms with E-state index in [1.807, 2.05) is 0 Å². The van der Waals surface area contributed by atoms with Gasteiger partial charge >= 0.3 is 0 Å². The molecule has 1 saturated heterocycles. The molecule has 0 amide bonds. The SMILES string of the molecule is CCNCc1cccc(CN2CCS(=O)CC2)n1. The quantitative estimate of drug-likeness (QED) is 0.855. The molecule has 0 aromatic carbocycles. The van der Waals surface area contributed by atoms with Gasteiger partial charge in [-0.2, -0.15) is 0 Å². The number of hydrogen-bond acceptors (Lipinski definition) is 4. The Morgan fingerprint density at radius 3 is 2.78 bits per heavy atom. The minimum Gasteiger partial charge on any atom is -0.311 e. The molecule has 0 bridgehead atoms. The molecule has 1 aromatic heterocycles. The Balaban J connectivity index is 1.90. The average Bonchev–Trinajstić information content (AvgIpc) is 2.40. The average molecular weight is 267 g/mol. The summed E-state index contributed by atoms with van der Waals surface area (Å²) in [7, 11) is -0.600. The molecule has 0 saturated carbocycles. The highest BCUT2D eigenvalue weighted by Gasteiger charge is 2.15. The molecule has 1 aliphatic heterocycles. The van der Waals surface area contributed by atoms with E-state index in [1.54, 1.807) is 0 Å². The van der Waals surface area contributed by atoms with Gasteiger partial charge in [0.1, 0.15) is 0 Å². The van der Waals surface area contributed by atoms with Gasteiger partial charge in [-0.25, -0.2) is 0 Å². The van der Waals surface area contributed by atoms with E-state index in [0.29, 0.717) is 0 Å². The molecule has 1 aromatic rings. The van der Waals surface area contributed by atoms with Crippen molar-refractivity contribution >= 4 is 10.8 Å². The van der Waals surface area contributed by atoms with Crippen LogP contribution in [0.2, 0.25) is 0 Å². The van der Waals surface area contributed by atoms with Crippen molar-refractivity contribution in [3.63, 3.8) is 0 Å². The zero-order chi connectivity index (χ0) is 12.8. The fraction of sp³-hybridized carbons (Fsp3) is 0.615. The maximum atomic E-state index is 11.3. The van der Waals surface area contributed by atoms with Gasteiger partial charge in [-0.15, -0.1) is 0 Å². The Hall–Kier alpha value is -0.780. The standard InChI is InChI=1S/C13H21N3OS/c1-2-14-10-12-4-3-5-13(15-12)11-16-6-8-18(17)9-7-16/h3-5,14H,2,6-11H2,1H3. The molecule has 2 rings (SSSR count). The molecule has 0 unspecified atom stereocenters. The van der Waals surface area contributed by atoms with Crippen LogP contribution in [0.4, 0.5) is 0 Å². The molecular formula is C13H21N3OS. The molecule has 18 heavy (non-hydrogen) atoms. The second-order valence-electron chi connectivity index (χ2n) is 4.52. The highest BCUT2D eigenvalue weighted by Crippen LogP contribution is 2.07. The van der Waals surface area contributed by atoms with Crippen LogP contribution in [0.3, 0.4) is 0 Å². The van der Waals surface area contributed by atoms with Crippen LogP contribution in [-0.2, 0) is 23.9 Å². The first kappa shape index (κ1) is 13.6. The van der Waals surface area contributed by atoms with Crippen LogP contribution in [0.25, 0.3) is 0 Å². The summed E-state index contributed by atoms with van der Waals surface area (Å²) in [5.74, 6) is 1.61. The van der Waals surface area contributed by atoms with Crippen LogP contribution >= 0.6 is 0 Å². The van der Waals surface area contributed by atoms with Gasteiger partial charge < -0.3 is 5.32 Å². The van der Waals surface area contributed by atoms with Crippen LogP contribution in [-0.4, -0.2) is 45.2 Å². The van der Waals surface area contributed by atoms with Gasteiger partial charge in [-0.1, -0.05) is 13.0 Å². The third kappa shape index (κ3) is 4.15. The molecule has 100 valence electrons. The summed E-state index contributed by atoms with van der Waals surface area (Å²) in [5, 5.41) is 3.28. The first-order valence-corrected chi connectivity index (χ1v) is 7.99. The number of hydrogen-bond donors (Lipinski definition) is 1. The molecule has 1 aliphatic rings. The fourth-order valence-electron chi connectivity index (χ4n) is 2.03. The van der Waals surface area contributed by atoms with E-state index in [9.17, 15) is 4.21 Å². The number of rotatable bonds is 5. The summed E-state index contributed by atoms with van der Waals surface area (Å²) >= 11 is 0. The molecule has 4 nitrogen and oxygen atoms in total. The zero-order valence-corrected chi connectivity index (χ0v) is 11.7. The van der Waals surface area contributed by atoms with Gasteiger partial charge in [0.2, 0.25) is 0 Å². The summed E-state index contributed by atoms with van der Waals surface area (Å²) in [6.07, 6.45) is 0. The molecule has 2 heterocycles. The molecule has 0 atom stereocenters. The van der Waals surface area contributed by atoms with E-state index >= 15 is 0 Å². The minimum absolute atomic E-state index is 0.600. The van der Waals surface area contributed by atoms with Gasteiger partial charge in [0.25, 0.3) is 0 Å². The Bertz CT molecular complexity index is 401. The largest absolute Gasteiger partial charge is 0.311 e. The topological polar surface area (TPSA) is 45.2 Å². The van der Waals surface area contributed by atoms with E-state index in [2.05, 4.69) is 40.3 Å². The van der Waals surface area contributed by atoms with Gasteiger partial charge in [-0.3, -0.25) is 14.1 Å². The van der Waals surface area contributed by atoms with E-state index < -0.39 is 10.8 Å². The third-order valence-electron chi connectivity index (χ3n) is 3.08. The Morgan fingerprint density at radius 2 is 2.06 bits per heavy atom. The van der Waals surface area contributed by atoms with Crippen molar-refractivity contribution in [2.45, 2.75) is 20.0 Å². The first-order valence-electron chi connectivity index (χ1n) is 6.51. The zero-order valence-electron chi connectivity index (χ0n) is 10.9. The smallest absolute Gasteiger partial charge is 0.0547 e. The summed E-state index contributed by atoms with van der Waals surface area (Å²) in [6, 6.07) is 6.19. The lowest BCUT2D eigenvalue weighted by Gasteiger charge is -2.25.